The van der Waals surface area contributed by atoms with E-state index in [-0.39, 0.29) is 17.7 Å². The molecule has 1 aromatic carbocycles. The van der Waals surface area contributed by atoms with Gasteiger partial charge in [0.15, 0.2) is 0 Å². The van der Waals surface area contributed by atoms with E-state index in [1.165, 1.54) is 0 Å². The van der Waals surface area contributed by atoms with Crippen LogP contribution < -0.4 is 5.73 Å². The van der Waals surface area contributed by atoms with E-state index >= 15 is 0 Å². The lowest BCUT2D eigenvalue weighted by atomic mass is 9.87. The van der Waals surface area contributed by atoms with E-state index < -0.39 is 0 Å². The van der Waals surface area contributed by atoms with E-state index in [4.69, 9.17) is 22.7 Å². The summed E-state index contributed by atoms with van der Waals surface area (Å²) in [6.07, 6.45) is 6.94. The van der Waals surface area contributed by atoms with Gasteiger partial charge in [0, 0.05) is 65.7 Å². The second-order valence-corrected chi connectivity index (χ2v) is 8.90. The van der Waals surface area contributed by atoms with Crippen LogP contribution in [0.1, 0.15) is 36.8 Å². The number of aromatic nitrogens is 2. The number of hydrogen-bond donors (Lipinski definition) is 2. The van der Waals surface area contributed by atoms with E-state index in [0.29, 0.717) is 16.7 Å². The van der Waals surface area contributed by atoms with Crippen LogP contribution in [0.2, 0.25) is 5.02 Å². The van der Waals surface area contributed by atoms with Gasteiger partial charge in [0.1, 0.15) is 0 Å². The quantitative estimate of drug-likeness (QED) is 0.695. The zero-order chi connectivity index (χ0) is 21.8. The van der Waals surface area contributed by atoms with Crippen LogP contribution in [0.5, 0.6) is 0 Å². The maximum atomic E-state index is 13.1. The van der Waals surface area contributed by atoms with Gasteiger partial charge in [-0.3, -0.25) is 9.69 Å². The normalized spacial score (nSPS) is 18.8. The molecule has 2 saturated heterocycles. The fourth-order valence-electron chi connectivity index (χ4n) is 4.59. The van der Waals surface area contributed by atoms with E-state index in [2.05, 4.69) is 14.9 Å². The van der Waals surface area contributed by atoms with Crippen molar-refractivity contribution in [3.05, 3.63) is 52.8 Å². The number of anilines is 1. The minimum Gasteiger partial charge on any atom is -0.368 e. The highest BCUT2D eigenvalue weighted by Crippen LogP contribution is 2.28. The maximum absolute atomic E-state index is 13.1. The largest absolute Gasteiger partial charge is 0.368 e. The highest BCUT2D eigenvalue weighted by atomic mass is 35.5. The van der Waals surface area contributed by atoms with Gasteiger partial charge in [-0.2, -0.15) is 0 Å². The van der Waals surface area contributed by atoms with Gasteiger partial charge < -0.3 is 16.0 Å². The summed E-state index contributed by atoms with van der Waals surface area (Å²) in [5, 5.41) is 9.18. The number of hydrogen-bond acceptors (Lipinski definition) is 6. The van der Waals surface area contributed by atoms with Crippen LogP contribution in [0, 0.1) is 17.2 Å². The Morgan fingerprint density at radius 1 is 1.03 bits per heavy atom. The number of carbonyl (C=O) groups is 1. The van der Waals surface area contributed by atoms with Crippen LogP contribution in [0.15, 0.2) is 36.7 Å². The SMILES string of the molecule is N=C(c1ccccc1Cl)C1CCN(C(=O)C2CCN(Cc3cnc(N)nc3)CC2)CC1. The van der Waals surface area contributed by atoms with E-state index in [9.17, 15) is 4.79 Å². The number of likely N-dealkylation sites (tertiary alicyclic amines) is 2. The van der Waals surface area contributed by atoms with Gasteiger partial charge in [-0.15, -0.1) is 0 Å². The zero-order valence-corrected chi connectivity index (χ0v) is 18.4. The Balaban J connectivity index is 1.24. The van der Waals surface area contributed by atoms with Crippen molar-refractivity contribution < 1.29 is 4.79 Å². The van der Waals surface area contributed by atoms with Gasteiger partial charge >= 0.3 is 0 Å². The van der Waals surface area contributed by atoms with E-state index in [1.54, 1.807) is 12.4 Å². The molecule has 7 nitrogen and oxygen atoms in total. The topological polar surface area (TPSA) is 99.2 Å². The Bertz CT molecular complexity index is 918. The number of rotatable bonds is 5. The third kappa shape index (κ3) is 5.22. The molecule has 0 atom stereocenters. The molecule has 0 spiro atoms. The minimum atomic E-state index is 0.0958. The maximum Gasteiger partial charge on any atom is 0.225 e. The fourth-order valence-corrected chi connectivity index (χ4v) is 4.83. The van der Waals surface area contributed by atoms with Gasteiger partial charge in [-0.25, -0.2) is 9.97 Å². The summed E-state index contributed by atoms with van der Waals surface area (Å²) in [6, 6.07) is 7.54. The molecule has 164 valence electrons. The third-order valence-corrected chi connectivity index (χ3v) is 6.78. The first-order chi connectivity index (χ1) is 15.0. The summed E-state index contributed by atoms with van der Waals surface area (Å²) in [7, 11) is 0. The summed E-state index contributed by atoms with van der Waals surface area (Å²) in [4.78, 5) is 25.5. The predicted octanol–water partition coefficient (Wildman–Crippen LogP) is 3.23. The third-order valence-electron chi connectivity index (χ3n) is 6.45. The minimum absolute atomic E-state index is 0.0958. The van der Waals surface area contributed by atoms with Crippen LogP contribution in [0.25, 0.3) is 0 Å². The summed E-state index contributed by atoms with van der Waals surface area (Å²) in [5.74, 6) is 0.823. The molecular formula is C23H29ClN6O. The Hall–Kier alpha value is -2.51. The highest BCUT2D eigenvalue weighted by Gasteiger charge is 2.32. The molecule has 3 N–H and O–H groups in total. The van der Waals surface area contributed by atoms with E-state index in [1.807, 2.05) is 29.2 Å². The molecule has 2 fully saturated rings. The van der Waals surface area contributed by atoms with Gasteiger partial charge in [-0.05, 0) is 44.8 Å². The monoisotopic (exact) mass is 440 g/mol. The second-order valence-electron chi connectivity index (χ2n) is 8.49. The molecule has 1 aromatic heterocycles. The van der Waals surface area contributed by atoms with Crippen LogP contribution in [0.3, 0.4) is 0 Å². The molecule has 3 heterocycles. The number of carbonyl (C=O) groups excluding carboxylic acids is 1. The number of nitrogens with two attached hydrogens (primary N) is 1. The van der Waals surface area contributed by atoms with Crippen molar-refractivity contribution in [1.29, 1.82) is 5.41 Å². The summed E-state index contributed by atoms with van der Waals surface area (Å²) in [6.45, 7) is 4.03. The van der Waals surface area contributed by atoms with Crippen LogP contribution in [-0.2, 0) is 11.3 Å². The molecule has 2 aromatic rings. The average molecular weight is 441 g/mol. The van der Waals surface area contributed by atoms with Crippen LogP contribution in [-0.4, -0.2) is 57.6 Å². The molecule has 0 radical (unpaired) electrons. The number of nitrogen functional groups attached to an aromatic ring is 1. The number of halogens is 1. The zero-order valence-electron chi connectivity index (χ0n) is 17.6. The van der Waals surface area contributed by atoms with Crippen molar-refractivity contribution in [3.8, 4) is 0 Å². The van der Waals surface area contributed by atoms with Crippen molar-refractivity contribution in [2.24, 2.45) is 11.8 Å². The molecule has 8 heteroatoms. The molecule has 0 aliphatic carbocycles. The number of piperidine rings is 2. The van der Waals surface area contributed by atoms with Crippen molar-refractivity contribution >= 4 is 29.2 Å². The summed E-state index contributed by atoms with van der Waals surface area (Å²) < 4.78 is 0. The van der Waals surface area contributed by atoms with E-state index in [0.717, 1.165) is 69.5 Å². The lowest BCUT2D eigenvalue weighted by Crippen LogP contribution is -2.46. The fraction of sp³-hybridized carbons (Fsp3) is 0.478. The molecule has 2 aliphatic heterocycles. The Morgan fingerprint density at radius 2 is 1.65 bits per heavy atom. The van der Waals surface area contributed by atoms with Crippen molar-refractivity contribution in [2.75, 3.05) is 31.9 Å². The van der Waals surface area contributed by atoms with Crippen molar-refractivity contribution in [3.63, 3.8) is 0 Å². The molecule has 2 aliphatic rings. The van der Waals surface area contributed by atoms with Gasteiger partial charge in [0.2, 0.25) is 11.9 Å². The molecule has 0 unspecified atom stereocenters. The molecule has 0 bridgehead atoms. The van der Waals surface area contributed by atoms with Gasteiger partial charge in [0.05, 0.1) is 0 Å². The van der Waals surface area contributed by atoms with Crippen molar-refractivity contribution in [1.82, 2.24) is 19.8 Å². The lowest BCUT2D eigenvalue weighted by Gasteiger charge is -2.37. The summed E-state index contributed by atoms with van der Waals surface area (Å²) in [5.41, 5.74) is 8.00. The first-order valence-corrected chi connectivity index (χ1v) is 11.3. The molecule has 4 rings (SSSR count). The Kier molecular flexibility index (Phi) is 6.83. The van der Waals surface area contributed by atoms with Crippen molar-refractivity contribution in [2.45, 2.75) is 32.2 Å². The highest BCUT2D eigenvalue weighted by molar-refractivity contribution is 6.34. The molecule has 31 heavy (non-hydrogen) atoms. The van der Waals surface area contributed by atoms with Gasteiger partial charge in [-0.1, -0.05) is 29.8 Å². The standard InChI is InChI=1S/C23H29ClN6O/c24-20-4-2-1-3-19(20)21(25)17-7-11-30(12-8-17)22(31)18-5-9-29(10-6-18)15-16-13-27-23(26)28-14-16/h1-4,13-14,17-18,25H,5-12,15H2,(H2,26,27,28). The van der Waals surface area contributed by atoms with Gasteiger partial charge in [0.25, 0.3) is 0 Å². The van der Waals surface area contributed by atoms with Crippen LogP contribution >= 0.6 is 11.6 Å². The predicted molar refractivity (Wildman–Crippen MR) is 122 cm³/mol. The smallest absolute Gasteiger partial charge is 0.225 e. The molecule has 1 amide bonds. The molecular weight excluding hydrogens is 412 g/mol. The lowest BCUT2D eigenvalue weighted by molar-refractivity contribution is -0.138. The number of nitrogens with zero attached hydrogens (tertiary/aromatic N) is 4. The Labute approximate surface area is 188 Å². The van der Waals surface area contributed by atoms with Crippen LogP contribution in [0.4, 0.5) is 5.95 Å². The second kappa shape index (κ2) is 9.75. The number of nitrogens with one attached hydrogen (secondary N) is 1. The number of amides is 1. The average Bonchev–Trinajstić information content (AvgIpc) is 2.81. The molecule has 0 saturated carbocycles. The summed E-state index contributed by atoms with van der Waals surface area (Å²) >= 11 is 6.27. The first-order valence-electron chi connectivity index (χ1n) is 10.9. The Morgan fingerprint density at radius 3 is 2.29 bits per heavy atom. The number of benzene rings is 1. The first kappa shape index (κ1) is 21.7.